The molecule has 4 nitrogen and oxygen atoms in total. The Kier molecular flexibility index (Phi) is 5.12. The molecule has 3 aromatic rings. The van der Waals surface area contributed by atoms with Crippen molar-refractivity contribution in [2.24, 2.45) is 0 Å². The van der Waals surface area contributed by atoms with Gasteiger partial charge in [-0.3, -0.25) is 0 Å². The molecule has 0 radical (unpaired) electrons. The molecule has 1 heterocycles. The van der Waals surface area contributed by atoms with Crippen LogP contribution in [-0.2, 0) is 10.0 Å². The molecule has 0 spiro atoms. The third-order valence-corrected chi connectivity index (χ3v) is 7.14. The van der Waals surface area contributed by atoms with E-state index in [1.54, 1.807) is 12.1 Å². The maximum atomic E-state index is 13.3. The summed E-state index contributed by atoms with van der Waals surface area (Å²) in [6.45, 7) is 0.703. The molecule has 0 N–H and O–H groups in total. The van der Waals surface area contributed by atoms with Gasteiger partial charge in [0.1, 0.15) is 12.4 Å². The van der Waals surface area contributed by atoms with Gasteiger partial charge in [-0.2, -0.15) is 16.9 Å². The third-order valence-electron chi connectivity index (χ3n) is 4.86. The predicted octanol–water partition coefficient (Wildman–Crippen LogP) is 3.98. The van der Waals surface area contributed by atoms with Crippen molar-refractivity contribution in [3.05, 3.63) is 72.8 Å². The SMILES string of the molecule is O=S(=O)(c1ccc2ccccc2c1)N1CC(S)CC1COc1ccccc1. The van der Waals surface area contributed by atoms with Gasteiger partial charge in [0.05, 0.1) is 10.9 Å². The van der Waals surface area contributed by atoms with Gasteiger partial charge in [-0.1, -0.05) is 48.5 Å². The molecule has 6 heteroatoms. The van der Waals surface area contributed by atoms with E-state index in [-0.39, 0.29) is 11.3 Å². The smallest absolute Gasteiger partial charge is 0.243 e. The molecule has 1 fully saturated rings. The fourth-order valence-corrected chi connectivity index (χ4v) is 5.71. The summed E-state index contributed by atoms with van der Waals surface area (Å²) < 4.78 is 33.9. The second kappa shape index (κ2) is 7.54. The lowest BCUT2D eigenvalue weighted by molar-refractivity contribution is 0.232. The summed E-state index contributed by atoms with van der Waals surface area (Å²) in [4.78, 5) is 0.313. The normalized spacial score (nSPS) is 20.8. The van der Waals surface area contributed by atoms with E-state index in [9.17, 15) is 8.42 Å². The van der Waals surface area contributed by atoms with E-state index in [2.05, 4.69) is 12.6 Å². The van der Waals surface area contributed by atoms with Gasteiger partial charge in [-0.05, 0) is 41.5 Å². The summed E-state index contributed by atoms with van der Waals surface area (Å²) in [7, 11) is -3.61. The molecular weight excluding hydrogens is 378 g/mol. The summed E-state index contributed by atoms with van der Waals surface area (Å²) in [6.07, 6.45) is 0.669. The number of para-hydroxylation sites is 1. The van der Waals surface area contributed by atoms with Crippen molar-refractivity contribution >= 4 is 33.4 Å². The summed E-state index contributed by atoms with van der Waals surface area (Å²) in [6, 6.07) is 22.3. The van der Waals surface area contributed by atoms with Crippen LogP contribution in [0, 0.1) is 0 Å². The maximum Gasteiger partial charge on any atom is 0.243 e. The van der Waals surface area contributed by atoms with Gasteiger partial charge in [0.2, 0.25) is 10.0 Å². The molecule has 27 heavy (non-hydrogen) atoms. The van der Waals surface area contributed by atoms with Crippen LogP contribution in [0.4, 0.5) is 0 Å². The summed E-state index contributed by atoms with van der Waals surface area (Å²) in [5.41, 5.74) is 0. The second-order valence-corrected chi connectivity index (χ2v) is 9.37. The van der Waals surface area contributed by atoms with Crippen molar-refractivity contribution < 1.29 is 13.2 Å². The molecule has 1 aliphatic rings. The Balaban J connectivity index is 1.59. The Labute approximate surface area is 165 Å². The van der Waals surface area contributed by atoms with Crippen LogP contribution in [0.5, 0.6) is 5.75 Å². The van der Waals surface area contributed by atoms with Crippen LogP contribution < -0.4 is 4.74 Å². The highest BCUT2D eigenvalue weighted by molar-refractivity contribution is 7.89. The van der Waals surface area contributed by atoms with Crippen LogP contribution in [0.2, 0.25) is 0 Å². The Hall–Kier alpha value is -2.02. The van der Waals surface area contributed by atoms with E-state index in [1.165, 1.54) is 4.31 Å². The first-order chi connectivity index (χ1) is 13.0. The average Bonchev–Trinajstić information content (AvgIpc) is 3.08. The molecule has 1 aliphatic heterocycles. The van der Waals surface area contributed by atoms with Crippen LogP contribution in [-0.4, -0.2) is 37.2 Å². The van der Waals surface area contributed by atoms with Gasteiger partial charge >= 0.3 is 0 Å². The highest BCUT2D eigenvalue weighted by Crippen LogP contribution is 2.30. The zero-order valence-electron chi connectivity index (χ0n) is 14.7. The summed E-state index contributed by atoms with van der Waals surface area (Å²) >= 11 is 4.53. The Morgan fingerprint density at radius 3 is 2.44 bits per heavy atom. The minimum atomic E-state index is -3.61. The van der Waals surface area contributed by atoms with Crippen molar-refractivity contribution in [1.29, 1.82) is 0 Å². The van der Waals surface area contributed by atoms with Crippen molar-refractivity contribution in [3.8, 4) is 5.75 Å². The van der Waals surface area contributed by atoms with Gasteiger partial charge in [-0.25, -0.2) is 8.42 Å². The molecule has 2 atom stereocenters. The number of sulfonamides is 1. The Morgan fingerprint density at radius 1 is 0.963 bits per heavy atom. The van der Waals surface area contributed by atoms with E-state index in [0.717, 1.165) is 16.5 Å². The first-order valence-electron chi connectivity index (χ1n) is 8.90. The predicted molar refractivity (Wildman–Crippen MR) is 111 cm³/mol. The molecule has 0 saturated carbocycles. The number of thiol groups is 1. The highest BCUT2D eigenvalue weighted by atomic mass is 32.2. The minimum absolute atomic E-state index is 0.00426. The fourth-order valence-electron chi connectivity index (χ4n) is 3.48. The van der Waals surface area contributed by atoms with Crippen LogP contribution in [0.1, 0.15) is 6.42 Å². The van der Waals surface area contributed by atoms with Crippen molar-refractivity contribution in [2.75, 3.05) is 13.2 Å². The summed E-state index contributed by atoms with van der Waals surface area (Å²) in [5.74, 6) is 0.739. The van der Waals surface area contributed by atoms with E-state index in [4.69, 9.17) is 4.74 Å². The highest BCUT2D eigenvalue weighted by Gasteiger charge is 2.39. The number of hydrogen-bond acceptors (Lipinski definition) is 4. The van der Waals surface area contributed by atoms with E-state index < -0.39 is 10.0 Å². The van der Waals surface area contributed by atoms with Gasteiger partial charge in [0, 0.05) is 11.8 Å². The zero-order chi connectivity index (χ0) is 18.9. The molecular formula is C21H21NO3S2. The molecule has 3 aromatic carbocycles. The largest absolute Gasteiger partial charge is 0.492 e. The standard InChI is InChI=1S/C21H21NO3S2/c23-27(24,21-11-10-16-6-4-5-7-17(16)12-21)22-14-20(26)13-18(22)15-25-19-8-2-1-3-9-19/h1-12,18,20,26H,13-15H2. The van der Waals surface area contributed by atoms with Crippen LogP contribution in [0.25, 0.3) is 10.8 Å². The van der Waals surface area contributed by atoms with Gasteiger partial charge in [0.15, 0.2) is 0 Å². The number of ether oxygens (including phenoxy) is 1. The first-order valence-corrected chi connectivity index (χ1v) is 10.9. The molecule has 0 aromatic heterocycles. The molecule has 1 saturated heterocycles. The average molecular weight is 400 g/mol. The number of fused-ring (bicyclic) bond motifs is 1. The van der Waals surface area contributed by atoms with E-state index in [1.807, 2.05) is 60.7 Å². The lowest BCUT2D eigenvalue weighted by Gasteiger charge is -2.24. The van der Waals surface area contributed by atoms with Gasteiger partial charge < -0.3 is 4.74 Å². The van der Waals surface area contributed by atoms with Crippen molar-refractivity contribution in [1.82, 2.24) is 4.31 Å². The Morgan fingerprint density at radius 2 is 1.67 bits per heavy atom. The van der Waals surface area contributed by atoms with E-state index >= 15 is 0 Å². The second-order valence-electron chi connectivity index (χ2n) is 6.75. The number of benzene rings is 3. The number of hydrogen-bond donors (Lipinski definition) is 1. The maximum absolute atomic E-state index is 13.3. The topological polar surface area (TPSA) is 46.6 Å². The van der Waals surface area contributed by atoms with Crippen LogP contribution >= 0.6 is 12.6 Å². The van der Waals surface area contributed by atoms with E-state index in [0.29, 0.717) is 24.5 Å². The summed E-state index contributed by atoms with van der Waals surface area (Å²) in [5, 5.41) is 1.94. The molecule has 0 amide bonds. The molecule has 0 bridgehead atoms. The van der Waals surface area contributed by atoms with Crippen molar-refractivity contribution in [3.63, 3.8) is 0 Å². The van der Waals surface area contributed by atoms with Gasteiger partial charge in [-0.15, -0.1) is 0 Å². The van der Waals surface area contributed by atoms with Crippen molar-refractivity contribution in [2.45, 2.75) is 22.6 Å². The molecule has 0 aliphatic carbocycles. The molecule has 4 rings (SSSR count). The fraction of sp³-hybridized carbons (Fsp3) is 0.238. The lowest BCUT2D eigenvalue weighted by atomic mass is 10.1. The van der Waals surface area contributed by atoms with Gasteiger partial charge in [0.25, 0.3) is 0 Å². The first kappa shape index (κ1) is 18.3. The monoisotopic (exact) mass is 399 g/mol. The lowest BCUT2D eigenvalue weighted by Crippen LogP contribution is -2.39. The minimum Gasteiger partial charge on any atom is -0.492 e. The van der Waals surface area contributed by atoms with Crippen LogP contribution in [0.15, 0.2) is 77.7 Å². The Bertz CT molecular complexity index is 1040. The molecule has 140 valence electrons. The van der Waals surface area contributed by atoms with Crippen LogP contribution in [0.3, 0.4) is 0 Å². The third kappa shape index (κ3) is 3.83. The number of nitrogens with zero attached hydrogens (tertiary/aromatic N) is 1. The number of rotatable bonds is 5. The zero-order valence-corrected chi connectivity index (χ0v) is 16.4. The quantitative estimate of drug-likeness (QED) is 0.660. The molecule has 2 unspecified atom stereocenters.